The van der Waals surface area contributed by atoms with Gasteiger partial charge in [0.2, 0.25) is 0 Å². The highest BCUT2D eigenvalue weighted by molar-refractivity contribution is 5.03. The number of likely N-dealkylation sites (tertiary alicyclic amines) is 1. The third-order valence-electron chi connectivity index (χ3n) is 2.93. The Bertz CT molecular complexity index is 286. The van der Waals surface area contributed by atoms with Gasteiger partial charge in [-0.05, 0) is 32.1 Å². The van der Waals surface area contributed by atoms with Crippen molar-refractivity contribution in [2.75, 3.05) is 26.7 Å². The standard InChI is InChI=1S/C12H19N3/c1-15-9-6-12(10-15)14-8-5-11-4-2-3-7-13-11/h2-4,7,12,14H,5-6,8-10H2,1H3. The number of aromatic nitrogens is 1. The highest BCUT2D eigenvalue weighted by Gasteiger charge is 2.17. The molecule has 82 valence electrons. The molecular weight excluding hydrogens is 186 g/mol. The molecular formula is C12H19N3. The van der Waals surface area contributed by atoms with E-state index in [0.29, 0.717) is 6.04 Å². The van der Waals surface area contributed by atoms with E-state index in [-0.39, 0.29) is 0 Å². The van der Waals surface area contributed by atoms with E-state index < -0.39 is 0 Å². The van der Waals surface area contributed by atoms with Crippen LogP contribution < -0.4 is 5.32 Å². The lowest BCUT2D eigenvalue weighted by Gasteiger charge is -2.12. The lowest BCUT2D eigenvalue weighted by molar-refractivity contribution is 0.398. The van der Waals surface area contributed by atoms with Gasteiger partial charge in [-0.15, -0.1) is 0 Å². The Kier molecular flexibility index (Phi) is 3.69. The number of nitrogens with one attached hydrogen (secondary N) is 1. The molecule has 3 heteroatoms. The molecule has 3 nitrogen and oxygen atoms in total. The smallest absolute Gasteiger partial charge is 0.0416 e. The van der Waals surface area contributed by atoms with Crippen LogP contribution in [0, 0.1) is 0 Å². The summed E-state index contributed by atoms with van der Waals surface area (Å²) in [6, 6.07) is 6.77. The number of pyridine rings is 1. The Morgan fingerprint density at radius 3 is 3.13 bits per heavy atom. The van der Waals surface area contributed by atoms with Gasteiger partial charge in [-0.1, -0.05) is 6.07 Å². The molecule has 2 rings (SSSR count). The second-order valence-electron chi connectivity index (χ2n) is 4.27. The van der Waals surface area contributed by atoms with Crippen LogP contribution in [-0.4, -0.2) is 42.6 Å². The van der Waals surface area contributed by atoms with Crippen LogP contribution in [0.4, 0.5) is 0 Å². The van der Waals surface area contributed by atoms with Crippen molar-refractivity contribution in [2.45, 2.75) is 18.9 Å². The quantitative estimate of drug-likeness (QED) is 0.792. The van der Waals surface area contributed by atoms with E-state index in [4.69, 9.17) is 0 Å². The van der Waals surface area contributed by atoms with Crippen LogP contribution in [-0.2, 0) is 6.42 Å². The fourth-order valence-corrected chi connectivity index (χ4v) is 2.05. The second kappa shape index (κ2) is 5.24. The predicted molar refractivity (Wildman–Crippen MR) is 61.8 cm³/mol. The van der Waals surface area contributed by atoms with E-state index in [0.717, 1.165) is 13.0 Å². The minimum absolute atomic E-state index is 0.679. The summed E-state index contributed by atoms with van der Waals surface area (Å²) in [5, 5.41) is 3.58. The average Bonchev–Trinajstić information content (AvgIpc) is 2.66. The summed E-state index contributed by atoms with van der Waals surface area (Å²) in [5.41, 5.74) is 1.18. The van der Waals surface area contributed by atoms with Crippen LogP contribution in [0.15, 0.2) is 24.4 Å². The molecule has 1 fully saturated rings. The van der Waals surface area contributed by atoms with Crippen molar-refractivity contribution < 1.29 is 0 Å². The summed E-state index contributed by atoms with van der Waals surface area (Å²) in [4.78, 5) is 6.68. The van der Waals surface area contributed by atoms with Gasteiger partial charge in [0.15, 0.2) is 0 Å². The van der Waals surface area contributed by atoms with E-state index >= 15 is 0 Å². The van der Waals surface area contributed by atoms with Crippen molar-refractivity contribution >= 4 is 0 Å². The van der Waals surface area contributed by atoms with Crippen LogP contribution in [0.5, 0.6) is 0 Å². The Balaban J connectivity index is 1.67. The van der Waals surface area contributed by atoms with Crippen molar-refractivity contribution in [3.05, 3.63) is 30.1 Å². The van der Waals surface area contributed by atoms with Gasteiger partial charge < -0.3 is 10.2 Å². The van der Waals surface area contributed by atoms with Crippen LogP contribution in [0.2, 0.25) is 0 Å². The fraction of sp³-hybridized carbons (Fsp3) is 0.583. The van der Waals surface area contributed by atoms with E-state index in [1.165, 1.54) is 25.2 Å². The molecule has 0 amide bonds. The molecule has 1 unspecified atom stereocenters. The van der Waals surface area contributed by atoms with Gasteiger partial charge in [0, 0.05) is 37.4 Å². The van der Waals surface area contributed by atoms with Crippen LogP contribution >= 0.6 is 0 Å². The third-order valence-corrected chi connectivity index (χ3v) is 2.93. The first-order valence-electron chi connectivity index (χ1n) is 5.66. The molecule has 1 aromatic rings. The minimum atomic E-state index is 0.679. The number of rotatable bonds is 4. The molecule has 15 heavy (non-hydrogen) atoms. The van der Waals surface area contributed by atoms with E-state index in [1.807, 2.05) is 18.3 Å². The normalized spacial score (nSPS) is 22.1. The van der Waals surface area contributed by atoms with E-state index in [2.05, 4.69) is 28.3 Å². The average molecular weight is 205 g/mol. The maximum atomic E-state index is 4.31. The molecule has 1 aliphatic heterocycles. The molecule has 1 saturated heterocycles. The van der Waals surface area contributed by atoms with Crippen molar-refractivity contribution in [1.29, 1.82) is 0 Å². The molecule has 1 aromatic heterocycles. The first kappa shape index (κ1) is 10.6. The summed E-state index contributed by atoms with van der Waals surface area (Å²) < 4.78 is 0. The highest BCUT2D eigenvalue weighted by atomic mass is 15.2. The molecule has 1 atom stereocenters. The lowest BCUT2D eigenvalue weighted by Crippen LogP contribution is -2.33. The second-order valence-corrected chi connectivity index (χ2v) is 4.27. The minimum Gasteiger partial charge on any atom is -0.312 e. The maximum absolute atomic E-state index is 4.31. The molecule has 1 aliphatic rings. The topological polar surface area (TPSA) is 28.2 Å². The molecule has 0 radical (unpaired) electrons. The zero-order chi connectivity index (χ0) is 10.5. The molecule has 0 aliphatic carbocycles. The van der Waals surface area contributed by atoms with Crippen LogP contribution in [0.25, 0.3) is 0 Å². The van der Waals surface area contributed by atoms with Crippen molar-refractivity contribution in [2.24, 2.45) is 0 Å². The number of hydrogen-bond donors (Lipinski definition) is 1. The van der Waals surface area contributed by atoms with Gasteiger partial charge in [-0.2, -0.15) is 0 Å². The van der Waals surface area contributed by atoms with Gasteiger partial charge in [-0.25, -0.2) is 0 Å². The molecule has 2 heterocycles. The van der Waals surface area contributed by atoms with Gasteiger partial charge in [0.05, 0.1) is 0 Å². The zero-order valence-corrected chi connectivity index (χ0v) is 9.32. The van der Waals surface area contributed by atoms with Crippen molar-refractivity contribution in [3.63, 3.8) is 0 Å². The summed E-state index contributed by atoms with van der Waals surface area (Å²) in [6.45, 7) is 3.44. The first-order chi connectivity index (χ1) is 7.34. The third kappa shape index (κ3) is 3.29. The van der Waals surface area contributed by atoms with E-state index in [1.54, 1.807) is 0 Å². The summed E-state index contributed by atoms with van der Waals surface area (Å²) in [7, 11) is 2.18. The lowest BCUT2D eigenvalue weighted by atomic mass is 10.2. The molecule has 0 aromatic carbocycles. The number of likely N-dealkylation sites (N-methyl/N-ethyl adjacent to an activating group) is 1. The number of hydrogen-bond acceptors (Lipinski definition) is 3. The Hall–Kier alpha value is -0.930. The SMILES string of the molecule is CN1CCC(NCCc2ccccn2)C1. The highest BCUT2D eigenvalue weighted by Crippen LogP contribution is 2.05. The molecule has 1 N–H and O–H groups in total. The monoisotopic (exact) mass is 205 g/mol. The summed E-state index contributed by atoms with van der Waals surface area (Å²) >= 11 is 0. The zero-order valence-electron chi connectivity index (χ0n) is 9.32. The van der Waals surface area contributed by atoms with Crippen molar-refractivity contribution in [3.8, 4) is 0 Å². The molecule has 0 spiro atoms. The van der Waals surface area contributed by atoms with Gasteiger partial charge >= 0.3 is 0 Å². The van der Waals surface area contributed by atoms with Crippen LogP contribution in [0.1, 0.15) is 12.1 Å². The van der Waals surface area contributed by atoms with Gasteiger partial charge in [0.1, 0.15) is 0 Å². The summed E-state index contributed by atoms with van der Waals surface area (Å²) in [5.74, 6) is 0. The Morgan fingerprint density at radius 1 is 1.53 bits per heavy atom. The largest absolute Gasteiger partial charge is 0.312 e. The van der Waals surface area contributed by atoms with E-state index in [9.17, 15) is 0 Å². The first-order valence-corrected chi connectivity index (χ1v) is 5.66. The molecule has 0 saturated carbocycles. The maximum Gasteiger partial charge on any atom is 0.0416 e. The predicted octanol–water partition coefficient (Wildman–Crippen LogP) is 0.918. The number of nitrogens with zero attached hydrogens (tertiary/aromatic N) is 2. The van der Waals surface area contributed by atoms with Gasteiger partial charge in [-0.3, -0.25) is 4.98 Å². The van der Waals surface area contributed by atoms with Gasteiger partial charge in [0.25, 0.3) is 0 Å². The van der Waals surface area contributed by atoms with Crippen LogP contribution in [0.3, 0.4) is 0 Å². The van der Waals surface area contributed by atoms with Crippen molar-refractivity contribution in [1.82, 2.24) is 15.2 Å². The summed E-state index contributed by atoms with van der Waals surface area (Å²) in [6.07, 6.45) is 4.17. The Morgan fingerprint density at radius 2 is 2.47 bits per heavy atom. The Labute approximate surface area is 91.5 Å². The fourth-order valence-electron chi connectivity index (χ4n) is 2.05. The molecule has 0 bridgehead atoms.